The molecule has 3 aliphatic rings. The van der Waals surface area contributed by atoms with E-state index in [1.165, 1.54) is 31.1 Å². The fourth-order valence-corrected chi connectivity index (χ4v) is 7.83. The van der Waals surface area contributed by atoms with Crippen LogP contribution in [0.3, 0.4) is 0 Å². The number of nitrogens with zero attached hydrogens (tertiary/aromatic N) is 3. The number of pyridine rings is 2. The van der Waals surface area contributed by atoms with E-state index >= 15 is 0 Å². The molecular formula is C34H38N4O3S. The zero-order valence-corrected chi connectivity index (χ0v) is 25.5. The fraction of sp³-hybridized carbons (Fsp3) is 0.412. The highest BCUT2D eigenvalue weighted by Gasteiger charge is 2.45. The molecular weight excluding hydrogens is 544 g/mol. The van der Waals surface area contributed by atoms with Gasteiger partial charge in [-0.15, -0.1) is 0 Å². The van der Waals surface area contributed by atoms with E-state index < -0.39 is 5.60 Å². The highest BCUT2D eigenvalue weighted by atomic mass is 32.2. The van der Waals surface area contributed by atoms with Crippen LogP contribution in [0.1, 0.15) is 89.5 Å². The molecule has 4 unspecified atom stereocenters. The molecule has 0 radical (unpaired) electrons. The van der Waals surface area contributed by atoms with Crippen molar-refractivity contribution >= 4 is 40.0 Å². The standard InChI is InChI=1S/C34H38N4O3S/c1-20-7-5-8-23(15-20)24-12-14-35-29(19-24)38-30-17-21(2)16-28(37-30)31-22(3)36-33(42-31)34(40)13-6-9-25-18-26(32(39)41-4)10-11-27(25)34/h10-12,14-20,22,31,40H,5-9,13H2,1-4H3,(H,35,37,38). The lowest BCUT2D eigenvalue weighted by molar-refractivity contribution is 0.0599. The van der Waals surface area contributed by atoms with Gasteiger partial charge in [-0.05, 0) is 123 Å². The maximum Gasteiger partial charge on any atom is 0.337 e. The van der Waals surface area contributed by atoms with Gasteiger partial charge in [0, 0.05) is 6.20 Å². The summed E-state index contributed by atoms with van der Waals surface area (Å²) in [5.74, 6) is 1.76. The highest BCUT2D eigenvalue weighted by Crippen LogP contribution is 2.49. The number of allylic oxidation sites excluding steroid dienone is 2. The van der Waals surface area contributed by atoms with Crippen LogP contribution in [0.15, 0.2) is 59.7 Å². The van der Waals surface area contributed by atoms with Gasteiger partial charge in [0.1, 0.15) is 22.3 Å². The first-order valence-electron chi connectivity index (χ1n) is 14.9. The van der Waals surface area contributed by atoms with Crippen LogP contribution in [0.5, 0.6) is 0 Å². The van der Waals surface area contributed by atoms with Crippen LogP contribution in [0, 0.1) is 12.8 Å². The van der Waals surface area contributed by atoms with Crippen LogP contribution in [-0.4, -0.2) is 39.2 Å². The van der Waals surface area contributed by atoms with E-state index in [0.717, 1.165) is 53.3 Å². The lowest BCUT2D eigenvalue weighted by Crippen LogP contribution is -2.37. The maximum absolute atomic E-state index is 12.1. The second-order valence-corrected chi connectivity index (χ2v) is 13.0. The summed E-state index contributed by atoms with van der Waals surface area (Å²) in [7, 11) is 1.38. The Morgan fingerprint density at radius 2 is 1.95 bits per heavy atom. The maximum atomic E-state index is 12.1. The number of carbonyl (C=O) groups is 1. The molecule has 0 amide bonds. The molecule has 8 heteroatoms. The Balaban J connectivity index is 1.23. The summed E-state index contributed by atoms with van der Waals surface area (Å²) in [6.07, 6.45) is 10.0. The summed E-state index contributed by atoms with van der Waals surface area (Å²) in [5.41, 5.74) is 5.74. The Morgan fingerprint density at radius 3 is 2.76 bits per heavy atom. The Kier molecular flexibility index (Phi) is 7.94. The van der Waals surface area contributed by atoms with Gasteiger partial charge in [-0.25, -0.2) is 14.8 Å². The van der Waals surface area contributed by atoms with Gasteiger partial charge < -0.3 is 15.2 Å². The lowest BCUT2D eigenvalue weighted by Gasteiger charge is -2.34. The van der Waals surface area contributed by atoms with Gasteiger partial charge >= 0.3 is 5.97 Å². The van der Waals surface area contributed by atoms with Gasteiger partial charge in [0.2, 0.25) is 0 Å². The van der Waals surface area contributed by atoms with Crippen LogP contribution >= 0.6 is 11.8 Å². The summed E-state index contributed by atoms with van der Waals surface area (Å²) >= 11 is 1.60. The van der Waals surface area contributed by atoms with Gasteiger partial charge in [-0.1, -0.05) is 30.8 Å². The molecule has 218 valence electrons. The summed E-state index contributed by atoms with van der Waals surface area (Å²) in [6.45, 7) is 6.44. The Labute approximate surface area is 251 Å². The zero-order valence-electron chi connectivity index (χ0n) is 24.7. The number of aliphatic imine (C=N–C) groups is 1. The predicted molar refractivity (Wildman–Crippen MR) is 169 cm³/mol. The first kappa shape index (κ1) is 28.6. The number of fused-ring (bicyclic) bond motifs is 1. The number of rotatable bonds is 6. The highest BCUT2D eigenvalue weighted by molar-refractivity contribution is 8.14. The first-order chi connectivity index (χ1) is 20.2. The minimum Gasteiger partial charge on any atom is -0.465 e. The number of hydrogen-bond acceptors (Lipinski definition) is 8. The number of anilines is 2. The van der Waals surface area contributed by atoms with Crippen molar-refractivity contribution in [1.82, 2.24) is 9.97 Å². The average molecular weight is 583 g/mol. The van der Waals surface area contributed by atoms with Crippen molar-refractivity contribution in [2.45, 2.75) is 76.2 Å². The minimum atomic E-state index is -1.18. The Hall–Kier alpha value is -3.49. The molecule has 0 bridgehead atoms. The molecule has 6 rings (SSSR count). The largest absolute Gasteiger partial charge is 0.465 e. The molecule has 1 aliphatic heterocycles. The molecule has 4 atom stereocenters. The molecule has 7 nitrogen and oxygen atoms in total. The van der Waals surface area contributed by atoms with E-state index in [1.807, 2.05) is 24.4 Å². The number of carbonyl (C=O) groups excluding carboxylic acids is 1. The third-order valence-corrected chi connectivity index (χ3v) is 10.1. The minimum absolute atomic E-state index is 0.0302. The summed E-state index contributed by atoms with van der Waals surface area (Å²) < 4.78 is 4.90. The van der Waals surface area contributed by atoms with Crippen molar-refractivity contribution in [3.63, 3.8) is 0 Å². The van der Waals surface area contributed by atoms with Crippen LogP contribution in [0.2, 0.25) is 0 Å². The number of thioether (sulfide) groups is 1. The van der Waals surface area contributed by atoms with E-state index in [2.05, 4.69) is 55.3 Å². The van der Waals surface area contributed by atoms with Crippen molar-refractivity contribution in [3.05, 3.63) is 88.2 Å². The van der Waals surface area contributed by atoms with Crippen molar-refractivity contribution in [1.29, 1.82) is 0 Å². The van der Waals surface area contributed by atoms with Crippen LogP contribution in [0.25, 0.3) is 5.57 Å². The third kappa shape index (κ3) is 5.62. The van der Waals surface area contributed by atoms with Gasteiger partial charge in [0.15, 0.2) is 0 Å². The number of aromatic nitrogens is 2. The predicted octanol–water partition coefficient (Wildman–Crippen LogP) is 7.32. The number of benzene rings is 1. The molecule has 0 spiro atoms. The average Bonchev–Trinajstić information content (AvgIpc) is 3.39. The van der Waals surface area contributed by atoms with E-state index in [-0.39, 0.29) is 17.3 Å². The number of hydrogen-bond donors (Lipinski definition) is 2. The number of nitrogens with one attached hydrogen (secondary N) is 1. The molecule has 1 aromatic carbocycles. The van der Waals surface area contributed by atoms with Crippen LogP contribution in [-0.2, 0) is 16.8 Å². The number of methoxy groups -OCH3 is 1. The number of aliphatic hydroxyl groups is 1. The second-order valence-electron chi connectivity index (χ2n) is 11.9. The quantitative estimate of drug-likeness (QED) is 0.294. The molecule has 2 N–H and O–H groups in total. The molecule has 3 aromatic rings. The third-order valence-electron chi connectivity index (χ3n) is 8.57. The zero-order chi connectivity index (χ0) is 29.4. The van der Waals surface area contributed by atoms with Gasteiger partial charge in [0.05, 0.1) is 29.7 Å². The molecule has 3 heterocycles. The monoisotopic (exact) mass is 582 g/mol. The molecule has 0 saturated carbocycles. The van der Waals surface area contributed by atoms with Crippen LogP contribution < -0.4 is 5.32 Å². The van der Waals surface area contributed by atoms with Crippen molar-refractivity contribution in [2.75, 3.05) is 12.4 Å². The van der Waals surface area contributed by atoms with Crippen molar-refractivity contribution in [3.8, 4) is 0 Å². The van der Waals surface area contributed by atoms with E-state index in [1.54, 1.807) is 17.8 Å². The van der Waals surface area contributed by atoms with E-state index in [4.69, 9.17) is 14.7 Å². The Morgan fingerprint density at radius 1 is 1.10 bits per heavy atom. The summed E-state index contributed by atoms with van der Waals surface area (Å²) in [5, 5.41) is 16.2. The SMILES string of the molecule is COC(=O)c1ccc2c(c1)CCCC2(O)C1=NC(C)C(c2cc(C)cc(Nc3cc(C4=CC(C)CCC4)ccn3)n2)S1. The smallest absolute Gasteiger partial charge is 0.337 e. The normalized spacial score (nSPS) is 25.3. The molecule has 0 saturated heterocycles. The summed E-state index contributed by atoms with van der Waals surface area (Å²) in [6, 6.07) is 13.7. The first-order valence-corrected chi connectivity index (χ1v) is 15.7. The number of ether oxygens (including phenoxy) is 1. The molecule has 42 heavy (non-hydrogen) atoms. The number of esters is 1. The Bertz CT molecular complexity index is 1580. The van der Waals surface area contributed by atoms with Crippen molar-refractivity contribution in [2.24, 2.45) is 10.9 Å². The van der Waals surface area contributed by atoms with Gasteiger partial charge in [-0.3, -0.25) is 4.99 Å². The topological polar surface area (TPSA) is 96.7 Å². The van der Waals surface area contributed by atoms with E-state index in [9.17, 15) is 9.90 Å². The van der Waals surface area contributed by atoms with Gasteiger partial charge in [-0.2, -0.15) is 0 Å². The molecule has 2 aliphatic carbocycles. The van der Waals surface area contributed by atoms with Crippen molar-refractivity contribution < 1.29 is 14.6 Å². The fourth-order valence-electron chi connectivity index (χ4n) is 6.45. The second kappa shape index (κ2) is 11.7. The molecule has 2 aromatic heterocycles. The van der Waals surface area contributed by atoms with Crippen LogP contribution in [0.4, 0.5) is 11.6 Å². The molecule has 0 fully saturated rings. The summed E-state index contributed by atoms with van der Waals surface area (Å²) in [4.78, 5) is 26.7. The van der Waals surface area contributed by atoms with Gasteiger partial charge in [0.25, 0.3) is 0 Å². The lowest BCUT2D eigenvalue weighted by atomic mass is 9.79. The van der Waals surface area contributed by atoms with E-state index in [0.29, 0.717) is 22.9 Å². The number of aryl methyl sites for hydroxylation is 2.